The van der Waals surface area contributed by atoms with Gasteiger partial charge in [0.1, 0.15) is 0 Å². The van der Waals surface area contributed by atoms with E-state index >= 15 is 0 Å². The van der Waals surface area contributed by atoms with Crippen molar-refractivity contribution in [1.29, 1.82) is 0 Å². The highest BCUT2D eigenvalue weighted by molar-refractivity contribution is 5.76. The van der Waals surface area contributed by atoms with Crippen LogP contribution in [0.5, 0.6) is 0 Å². The van der Waals surface area contributed by atoms with E-state index in [2.05, 4.69) is 10.00 Å². The van der Waals surface area contributed by atoms with Gasteiger partial charge in [-0.1, -0.05) is 30.3 Å². The number of aliphatic hydroxyl groups is 1. The first-order valence-electron chi connectivity index (χ1n) is 8.84. The predicted octanol–water partition coefficient (Wildman–Crippen LogP) is 1.46. The van der Waals surface area contributed by atoms with Gasteiger partial charge < -0.3 is 10.0 Å². The smallest absolute Gasteiger partial charge is 0.224 e. The molecule has 1 aliphatic heterocycles. The fourth-order valence-electron chi connectivity index (χ4n) is 3.16. The molecule has 0 unspecified atom stereocenters. The summed E-state index contributed by atoms with van der Waals surface area (Å²) in [6.07, 6.45) is 3.76. The fraction of sp³-hybridized carbons (Fsp3) is 0.474. The molecule has 0 aliphatic carbocycles. The quantitative estimate of drug-likeness (QED) is 0.863. The Morgan fingerprint density at radius 2 is 1.92 bits per heavy atom. The second kappa shape index (κ2) is 8.27. The molecule has 0 saturated carbocycles. The number of benzene rings is 1. The van der Waals surface area contributed by atoms with Crippen LogP contribution in [0.2, 0.25) is 0 Å². The van der Waals surface area contributed by atoms with Crippen molar-refractivity contribution in [3.05, 3.63) is 53.9 Å². The van der Waals surface area contributed by atoms with Crippen molar-refractivity contribution in [2.75, 3.05) is 32.7 Å². The number of hydrogen-bond acceptors (Lipinski definition) is 4. The Kier molecular flexibility index (Phi) is 5.83. The van der Waals surface area contributed by atoms with Crippen molar-refractivity contribution in [3.8, 4) is 0 Å². The highest BCUT2D eigenvalue weighted by atomic mass is 16.3. The standard InChI is InChI=1S/C19H26N4O2/c1-16-13-20-23(14-16)8-7-19(25)22-11-9-21(10-12-22)15-18(24)17-5-3-2-4-6-17/h2-6,13-14,18,24H,7-12,15H2,1H3/t18-/m0/s1. The number of nitrogens with zero attached hydrogens (tertiary/aromatic N) is 4. The number of β-amino-alcohol motifs (C(OH)–C–C–N with tert-alkyl or cyclic N) is 1. The molecule has 0 bridgehead atoms. The van der Waals surface area contributed by atoms with E-state index in [4.69, 9.17) is 0 Å². The van der Waals surface area contributed by atoms with E-state index in [9.17, 15) is 9.90 Å². The first kappa shape index (κ1) is 17.6. The lowest BCUT2D eigenvalue weighted by Crippen LogP contribution is -2.49. The van der Waals surface area contributed by atoms with Crippen LogP contribution in [-0.4, -0.2) is 63.3 Å². The van der Waals surface area contributed by atoms with Crippen molar-refractivity contribution < 1.29 is 9.90 Å². The van der Waals surface area contributed by atoms with E-state index in [1.54, 1.807) is 6.20 Å². The van der Waals surface area contributed by atoms with Crippen LogP contribution < -0.4 is 0 Å². The van der Waals surface area contributed by atoms with E-state index in [1.807, 2.05) is 53.0 Å². The third-order valence-corrected chi connectivity index (χ3v) is 4.66. The third kappa shape index (κ3) is 4.90. The molecule has 1 aromatic heterocycles. The molecule has 2 aromatic rings. The molecule has 2 heterocycles. The molecule has 6 heteroatoms. The van der Waals surface area contributed by atoms with E-state index in [-0.39, 0.29) is 5.91 Å². The van der Waals surface area contributed by atoms with E-state index < -0.39 is 6.10 Å². The summed E-state index contributed by atoms with van der Waals surface area (Å²) in [7, 11) is 0. The minimum Gasteiger partial charge on any atom is -0.387 e. The fourth-order valence-corrected chi connectivity index (χ4v) is 3.16. The molecule has 134 valence electrons. The number of piperazine rings is 1. The lowest BCUT2D eigenvalue weighted by Gasteiger charge is -2.35. The van der Waals surface area contributed by atoms with Gasteiger partial charge in [-0.25, -0.2) is 0 Å². The summed E-state index contributed by atoms with van der Waals surface area (Å²) in [6.45, 7) is 6.27. The second-order valence-electron chi connectivity index (χ2n) is 6.64. The topological polar surface area (TPSA) is 61.6 Å². The summed E-state index contributed by atoms with van der Waals surface area (Å²) in [6, 6.07) is 9.72. The van der Waals surface area contributed by atoms with Crippen LogP contribution in [0, 0.1) is 6.92 Å². The van der Waals surface area contributed by atoms with Crippen LogP contribution in [-0.2, 0) is 11.3 Å². The predicted molar refractivity (Wildman–Crippen MR) is 96.0 cm³/mol. The number of rotatable bonds is 6. The van der Waals surface area contributed by atoms with Crippen LogP contribution in [0.25, 0.3) is 0 Å². The molecule has 1 saturated heterocycles. The minimum absolute atomic E-state index is 0.177. The van der Waals surface area contributed by atoms with Gasteiger partial charge in [0.05, 0.1) is 12.3 Å². The van der Waals surface area contributed by atoms with Crippen LogP contribution >= 0.6 is 0 Å². The number of carbonyl (C=O) groups excluding carboxylic acids is 1. The lowest BCUT2D eigenvalue weighted by molar-refractivity contribution is -0.133. The molecular weight excluding hydrogens is 316 g/mol. The van der Waals surface area contributed by atoms with Gasteiger partial charge in [-0.3, -0.25) is 14.4 Å². The van der Waals surface area contributed by atoms with Gasteiger partial charge in [0, 0.05) is 51.9 Å². The Bertz CT molecular complexity index is 678. The highest BCUT2D eigenvalue weighted by Crippen LogP contribution is 2.15. The normalized spacial score (nSPS) is 16.8. The summed E-state index contributed by atoms with van der Waals surface area (Å²) < 4.78 is 1.82. The Hall–Kier alpha value is -2.18. The molecule has 1 atom stereocenters. The average Bonchev–Trinajstić information content (AvgIpc) is 3.06. The molecule has 0 radical (unpaired) electrons. The monoisotopic (exact) mass is 342 g/mol. The molecule has 1 fully saturated rings. The second-order valence-corrected chi connectivity index (χ2v) is 6.64. The summed E-state index contributed by atoms with van der Waals surface area (Å²) in [5, 5.41) is 14.5. The van der Waals surface area contributed by atoms with E-state index in [0.29, 0.717) is 19.5 Å². The molecule has 1 N–H and O–H groups in total. The maximum atomic E-state index is 12.3. The van der Waals surface area contributed by atoms with Gasteiger partial charge in [-0.15, -0.1) is 0 Å². The maximum Gasteiger partial charge on any atom is 0.224 e. The van der Waals surface area contributed by atoms with Gasteiger partial charge in [0.15, 0.2) is 0 Å². The zero-order valence-electron chi connectivity index (χ0n) is 14.7. The Morgan fingerprint density at radius 3 is 2.56 bits per heavy atom. The van der Waals surface area contributed by atoms with Crippen LogP contribution in [0.4, 0.5) is 0 Å². The number of aromatic nitrogens is 2. The molecular formula is C19H26N4O2. The number of hydrogen-bond donors (Lipinski definition) is 1. The molecule has 25 heavy (non-hydrogen) atoms. The largest absolute Gasteiger partial charge is 0.387 e. The van der Waals surface area contributed by atoms with Gasteiger partial charge in [-0.2, -0.15) is 5.10 Å². The maximum absolute atomic E-state index is 12.3. The SMILES string of the molecule is Cc1cnn(CCC(=O)N2CCN(C[C@H](O)c3ccccc3)CC2)c1. The summed E-state index contributed by atoms with van der Waals surface area (Å²) in [5.74, 6) is 0.177. The molecule has 1 aromatic carbocycles. The van der Waals surface area contributed by atoms with Crippen molar-refractivity contribution in [2.45, 2.75) is 26.0 Å². The molecule has 1 amide bonds. The molecule has 6 nitrogen and oxygen atoms in total. The number of amides is 1. The van der Waals surface area contributed by atoms with Crippen LogP contribution in [0.3, 0.4) is 0 Å². The van der Waals surface area contributed by atoms with Crippen molar-refractivity contribution in [1.82, 2.24) is 19.6 Å². The molecule has 3 rings (SSSR count). The van der Waals surface area contributed by atoms with Crippen molar-refractivity contribution in [2.24, 2.45) is 0 Å². The number of aryl methyl sites for hydroxylation is 2. The number of aliphatic hydroxyl groups excluding tert-OH is 1. The first-order valence-corrected chi connectivity index (χ1v) is 8.84. The highest BCUT2D eigenvalue weighted by Gasteiger charge is 2.22. The lowest BCUT2D eigenvalue weighted by atomic mass is 10.1. The molecule has 1 aliphatic rings. The van der Waals surface area contributed by atoms with Gasteiger partial charge >= 0.3 is 0 Å². The van der Waals surface area contributed by atoms with E-state index in [0.717, 1.165) is 37.3 Å². The van der Waals surface area contributed by atoms with Crippen molar-refractivity contribution in [3.63, 3.8) is 0 Å². The summed E-state index contributed by atoms with van der Waals surface area (Å²) >= 11 is 0. The molecule has 0 spiro atoms. The summed E-state index contributed by atoms with van der Waals surface area (Å²) in [4.78, 5) is 16.5. The van der Waals surface area contributed by atoms with Crippen LogP contribution in [0.1, 0.15) is 23.7 Å². The number of carbonyl (C=O) groups is 1. The first-order chi connectivity index (χ1) is 12.1. The zero-order chi connectivity index (χ0) is 17.6. The Morgan fingerprint density at radius 1 is 1.20 bits per heavy atom. The van der Waals surface area contributed by atoms with Crippen LogP contribution in [0.15, 0.2) is 42.7 Å². The van der Waals surface area contributed by atoms with Gasteiger partial charge in [0.2, 0.25) is 5.91 Å². The summed E-state index contributed by atoms with van der Waals surface area (Å²) in [5.41, 5.74) is 2.05. The Labute approximate surface area is 148 Å². The van der Waals surface area contributed by atoms with Crippen molar-refractivity contribution >= 4 is 5.91 Å². The third-order valence-electron chi connectivity index (χ3n) is 4.66. The van der Waals surface area contributed by atoms with Gasteiger partial charge in [0.25, 0.3) is 0 Å². The minimum atomic E-state index is -0.480. The van der Waals surface area contributed by atoms with Gasteiger partial charge in [-0.05, 0) is 18.1 Å². The zero-order valence-corrected chi connectivity index (χ0v) is 14.7. The average molecular weight is 342 g/mol. The Balaban J connectivity index is 1.41. The van der Waals surface area contributed by atoms with E-state index in [1.165, 1.54) is 0 Å².